The molecule has 0 N–H and O–H groups in total. The molecule has 3 aromatic rings. The van der Waals surface area contributed by atoms with E-state index >= 15 is 0 Å². The van der Waals surface area contributed by atoms with E-state index in [-0.39, 0.29) is 11.9 Å². The van der Waals surface area contributed by atoms with Crippen molar-refractivity contribution >= 4 is 33.4 Å². The normalized spacial score (nSPS) is 11.6. The van der Waals surface area contributed by atoms with Crippen molar-refractivity contribution in [1.29, 1.82) is 0 Å². The van der Waals surface area contributed by atoms with Gasteiger partial charge in [0.1, 0.15) is 5.75 Å². The summed E-state index contributed by atoms with van der Waals surface area (Å²) in [6, 6.07) is 12.2. The summed E-state index contributed by atoms with van der Waals surface area (Å²) in [5.74, 6) is -0.0480. The molecule has 0 saturated carbocycles. The van der Waals surface area contributed by atoms with E-state index in [4.69, 9.17) is 14.2 Å². The standard InChI is InChI=1S/C22H24N2O5S/c1-4-28-13-12-24-18-11-8-16(21(26)29-5-2)14-19(18)30-22(24)23-20(25)15-6-9-17(27-3)10-7-15/h6-11,14H,4-5,12-13H2,1-3H3. The van der Waals surface area contributed by atoms with E-state index in [2.05, 4.69) is 4.99 Å². The molecule has 0 aliphatic heterocycles. The number of benzene rings is 2. The summed E-state index contributed by atoms with van der Waals surface area (Å²) in [5, 5.41) is 0. The van der Waals surface area contributed by atoms with Crippen molar-refractivity contribution in [2.75, 3.05) is 26.9 Å². The Morgan fingerprint density at radius 2 is 1.77 bits per heavy atom. The van der Waals surface area contributed by atoms with E-state index in [0.29, 0.717) is 48.0 Å². The Morgan fingerprint density at radius 3 is 2.43 bits per heavy atom. The Morgan fingerprint density at radius 1 is 1.03 bits per heavy atom. The molecule has 1 aromatic heterocycles. The van der Waals surface area contributed by atoms with Crippen LogP contribution in [0.2, 0.25) is 0 Å². The highest BCUT2D eigenvalue weighted by Gasteiger charge is 2.13. The summed E-state index contributed by atoms with van der Waals surface area (Å²) in [6.45, 7) is 5.65. The number of amides is 1. The molecule has 0 atom stereocenters. The number of nitrogens with zero attached hydrogens (tertiary/aromatic N) is 2. The zero-order valence-electron chi connectivity index (χ0n) is 17.2. The minimum absolute atomic E-state index is 0.312. The first kappa shape index (κ1) is 21.7. The van der Waals surface area contributed by atoms with Crippen LogP contribution < -0.4 is 9.54 Å². The van der Waals surface area contributed by atoms with Gasteiger partial charge in [0.2, 0.25) is 0 Å². The number of methoxy groups -OCH3 is 1. The van der Waals surface area contributed by atoms with Crippen molar-refractivity contribution in [1.82, 2.24) is 4.57 Å². The number of fused-ring (bicyclic) bond motifs is 1. The maximum absolute atomic E-state index is 12.7. The molecule has 7 nitrogen and oxygen atoms in total. The van der Waals surface area contributed by atoms with Crippen molar-refractivity contribution in [2.45, 2.75) is 20.4 Å². The molecule has 30 heavy (non-hydrogen) atoms. The third-order valence-corrected chi connectivity index (χ3v) is 5.43. The van der Waals surface area contributed by atoms with Gasteiger partial charge >= 0.3 is 5.97 Å². The van der Waals surface area contributed by atoms with E-state index < -0.39 is 0 Å². The largest absolute Gasteiger partial charge is 0.497 e. The molecule has 0 radical (unpaired) electrons. The Balaban J connectivity index is 2.03. The Kier molecular flexibility index (Phi) is 7.37. The molecule has 3 rings (SSSR count). The van der Waals surface area contributed by atoms with E-state index in [0.717, 1.165) is 10.2 Å². The van der Waals surface area contributed by atoms with Crippen molar-refractivity contribution in [2.24, 2.45) is 4.99 Å². The van der Waals surface area contributed by atoms with Crippen LogP contribution in [0, 0.1) is 0 Å². The van der Waals surface area contributed by atoms with Gasteiger partial charge in [0, 0.05) is 18.7 Å². The van der Waals surface area contributed by atoms with E-state index in [1.807, 2.05) is 17.6 Å². The highest BCUT2D eigenvalue weighted by Crippen LogP contribution is 2.20. The van der Waals surface area contributed by atoms with Gasteiger partial charge in [0.15, 0.2) is 4.80 Å². The fourth-order valence-corrected chi connectivity index (χ4v) is 3.99. The molecule has 0 bridgehead atoms. The maximum atomic E-state index is 12.7. The summed E-state index contributed by atoms with van der Waals surface area (Å²) in [6.07, 6.45) is 0. The Labute approximate surface area is 178 Å². The smallest absolute Gasteiger partial charge is 0.338 e. The summed E-state index contributed by atoms with van der Waals surface area (Å²) < 4.78 is 18.5. The molecule has 158 valence electrons. The van der Waals surface area contributed by atoms with Crippen LogP contribution in [0.1, 0.15) is 34.6 Å². The number of carbonyl (C=O) groups excluding carboxylic acids is 2. The zero-order valence-corrected chi connectivity index (χ0v) is 18.0. The minimum Gasteiger partial charge on any atom is -0.497 e. The van der Waals surface area contributed by atoms with Crippen LogP contribution in [0.4, 0.5) is 0 Å². The lowest BCUT2D eigenvalue weighted by molar-refractivity contribution is 0.0526. The number of rotatable bonds is 8. The van der Waals surface area contributed by atoms with Crippen molar-refractivity contribution in [3.8, 4) is 5.75 Å². The zero-order chi connectivity index (χ0) is 21.5. The number of hydrogen-bond acceptors (Lipinski definition) is 6. The van der Waals surface area contributed by atoms with Crippen LogP contribution in [-0.2, 0) is 16.0 Å². The lowest BCUT2D eigenvalue weighted by Gasteiger charge is -2.06. The first-order valence-corrected chi connectivity index (χ1v) is 10.5. The predicted octanol–water partition coefficient (Wildman–Crippen LogP) is 3.67. The third kappa shape index (κ3) is 4.95. The first-order valence-electron chi connectivity index (χ1n) is 9.68. The van der Waals surface area contributed by atoms with Crippen molar-refractivity contribution in [3.63, 3.8) is 0 Å². The van der Waals surface area contributed by atoms with E-state index in [9.17, 15) is 9.59 Å². The Hall–Kier alpha value is -2.97. The van der Waals surface area contributed by atoms with Gasteiger partial charge in [-0.05, 0) is 56.3 Å². The highest BCUT2D eigenvalue weighted by atomic mass is 32.1. The molecule has 0 aliphatic rings. The number of thiazole rings is 1. The van der Waals surface area contributed by atoms with Gasteiger partial charge in [-0.25, -0.2) is 4.79 Å². The average molecular weight is 429 g/mol. The molecule has 0 aliphatic carbocycles. The quantitative estimate of drug-likeness (QED) is 0.404. The van der Waals surface area contributed by atoms with Crippen LogP contribution in [0.5, 0.6) is 5.75 Å². The lowest BCUT2D eigenvalue weighted by atomic mass is 10.2. The van der Waals surface area contributed by atoms with Gasteiger partial charge in [-0.15, -0.1) is 0 Å². The number of hydrogen-bond donors (Lipinski definition) is 0. The summed E-state index contributed by atoms with van der Waals surface area (Å²) in [5.41, 5.74) is 1.82. The van der Waals surface area contributed by atoms with Crippen LogP contribution in [0.25, 0.3) is 10.2 Å². The second-order valence-electron chi connectivity index (χ2n) is 6.28. The van der Waals surface area contributed by atoms with E-state index in [1.54, 1.807) is 50.4 Å². The van der Waals surface area contributed by atoms with Crippen LogP contribution >= 0.6 is 11.3 Å². The summed E-state index contributed by atoms with van der Waals surface area (Å²) in [7, 11) is 1.57. The third-order valence-electron chi connectivity index (χ3n) is 4.39. The van der Waals surface area contributed by atoms with Gasteiger partial charge in [0.25, 0.3) is 5.91 Å². The highest BCUT2D eigenvalue weighted by molar-refractivity contribution is 7.16. The number of ether oxygens (including phenoxy) is 3. The molecule has 0 saturated heterocycles. The molecule has 2 aromatic carbocycles. The van der Waals surface area contributed by atoms with Gasteiger partial charge in [-0.3, -0.25) is 4.79 Å². The SMILES string of the molecule is CCOCCn1c(=NC(=O)c2ccc(OC)cc2)sc2cc(C(=O)OCC)ccc21. The topological polar surface area (TPSA) is 79.1 Å². The number of esters is 1. The van der Waals surface area contributed by atoms with Crippen molar-refractivity contribution in [3.05, 3.63) is 58.4 Å². The second-order valence-corrected chi connectivity index (χ2v) is 7.29. The van der Waals surface area contributed by atoms with Gasteiger partial charge in [0.05, 0.1) is 36.1 Å². The van der Waals surface area contributed by atoms with Gasteiger partial charge in [-0.1, -0.05) is 11.3 Å². The van der Waals surface area contributed by atoms with Gasteiger partial charge < -0.3 is 18.8 Å². The maximum Gasteiger partial charge on any atom is 0.338 e. The molecule has 0 spiro atoms. The molecule has 8 heteroatoms. The van der Waals surface area contributed by atoms with Crippen LogP contribution in [0.15, 0.2) is 47.5 Å². The average Bonchev–Trinajstić information content (AvgIpc) is 3.10. The second kappa shape index (κ2) is 10.2. The van der Waals surface area contributed by atoms with Crippen LogP contribution in [0.3, 0.4) is 0 Å². The predicted molar refractivity (Wildman–Crippen MR) is 115 cm³/mol. The fraction of sp³-hybridized carbons (Fsp3) is 0.318. The molecular weight excluding hydrogens is 404 g/mol. The molecule has 0 fully saturated rings. The lowest BCUT2D eigenvalue weighted by Crippen LogP contribution is -2.19. The molecular formula is C22H24N2O5S. The monoisotopic (exact) mass is 428 g/mol. The molecule has 0 unspecified atom stereocenters. The number of carbonyl (C=O) groups is 2. The fourth-order valence-electron chi connectivity index (χ4n) is 2.90. The minimum atomic E-state index is -0.374. The van der Waals surface area contributed by atoms with E-state index in [1.165, 1.54) is 11.3 Å². The van der Waals surface area contributed by atoms with Crippen LogP contribution in [-0.4, -0.2) is 43.4 Å². The number of aromatic nitrogens is 1. The summed E-state index contributed by atoms with van der Waals surface area (Å²) >= 11 is 1.35. The molecule has 1 heterocycles. The first-order chi connectivity index (χ1) is 14.6. The summed E-state index contributed by atoms with van der Waals surface area (Å²) in [4.78, 5) is 29.7. The molecule has 1 amide bonds. The van der Waals surface area contributed by atoms with Crippen molar-refractivity contribution < 1.29 is 23.8 Å². The van der Waals surface area contributed by atoms with Gasteiger partial charge in [-0.2, -0.15) is 4.99 Å². The Bertz CT molecular complexity index is 1100.